The monoisotopic (exact) mass is 321 g/mol. The third-order valence-corrected chi connectivity index (χ3v) is 4.90. The van der Waals surface area contributed by atoms with Crippen LogP contribution in [0, 0.1) is 0 Å². The van der Waals surface area contributed by atoms with Crippen LogP contribution < -0.4 is 0 Å². The smallest absolute Gasteiger partial charge is 0.0900 e. The number of β-amino-alcohol motifs (C(OH)–C–C–N with tert-alkyl or cyclic N) is 1. The van der Waals surface area contributed by atoms with Gasteiger partial charge in [0.2, 0.25) is 0 Å². The van der Waals surface area contributed by atoms with Gasteiger partial charge in [0.1, 0.15) is 0 Å². The van der Waals surface area contributed by atoms with Crippen LogP contribution in [-0.4, -0.2) is 45.6 Å². The maximum Gasteiger partial charge on any atom is 0.0900 e. The van der Waals surface area contributed by atoms with Gasteiger partial charge in [-0.1, -0.05) is 6.07 Å². The van der Waals surface area contributed by atoms with Gasteiger partial charge in [-0.05, 0) is 30.8 Å². The van der Waals surface area contributed by atoms with Gasteiger partial charge in [-0.15, -0.1) is 11.3 Å². The van der Waals surface area contributed by atoms with Gasteiger partial charge in [-0.2, -0.15) is 5.10 Å². The molecular formula is C16H23N3O2S. The highest BCUT2D eigenvalue weighted by Gasteiger charge is 2.28. The number of aryl methyl sites for hydroxylation is 1. The fraction of sp³-hybridized carbons (Fsp3) is 0.562. The molecule has 0 radical (unpaired) electrons. The Labute approximate surface area is 135 Å². The van der Waals surface area contributed by atoms with Crippen molar-refractivity contribution in [3.63, 3.8) is 0 Å². The van der Waals surface area contributed by atoms with Gasteiger partial charge in [0.05, 0.1) is 25.5 Å². The molecule has 120 valence electrons. The Morgan fingerprint density at radius 1 is 1.55 bits per heavy atom. The van der Waals surface area contributed by atoms with E-state index in [4.69, 9.17) is 4.74 Å². The first kappa shape index (κ1) is 15.7. The van der Waals surface area contributed by atoms with Crippen molar-refractivity contribution >= 4 is 11.3 Å². The Balaban J connectivity index is 1.46. The quantitative estimate of drug-likeness (QED) is 0.849. The molecule has 2 unspecified atom stereocenters. The van der Waals surface area contributed by atoms with Crippen LogP contribution in [0.5, 0.6) is 0 Å². The summed E-state index contributed by atoms with van der Waals surface area (Å²) in [6, 6.07) is 4.44. The minimum absolute atomic E-state index is 0.376. The molecule has 1 aliphatic rings. The van der Waals surface area contributed by atoms with Crippen LogP contribution >= 0.6 is 11.3 Å². The van der Waals surface area contributed by atoms with Gasteiger partial charge in [-0.25, -0.2) is 0 Å². The standard InChI is InChI=1S/C16H23N3O2S/c1-18-9-13(8-17-18)16-5-2-6-19(16)10-14(20)11-21-12-15-4-3-7-22-15/h3-4,7-9,14,16,20H,2,5-6,10-12H2,1H3. The summed E-state index contributed by atoms with van der Waals surface area (Å²) in [6.07, 6.45) is 5.86. The minimum Gasteiger partial charge on any atom is -0.389 e. The van der Waals surface area contributed by atoms with Crippen LogP contribution in [0.2, 0.25) is 0 Å². The van der Waals surface area contributed by atoms with Crippen LogP contribution in [0.4, 0.5) is 0 Å². The fourth-order valence-corrected chi connectivity index (χ4v) is 3.69. The molecule has 0 saturated carbocycles. The second-order valence-electron chi connectivity index (χ2n) is 5.85. The van der Waals surface area contributed by atoms with Crippen molar-refractivity contribution in [2.24, 2.45) is 7.05 Å². The Bertz CT molecular complexity index is 570. The first-order valence-corrected chi connectivity index (χ1v) is 8.61. The van der Waals surface area contributed by atoms with E-state index in [2.05, 4.69) is 22.3 Å². The first-order chi connectivity index (χ1) is 10.7. The van der Waals surface area contributed by atoms with Crippen molar-refractivity contribution in [2.45, 2.75) is 31.6 Å². The number of ether oxygens (including phenoxy) is 1. The number of aliphatic hydroxyl groups excluding tert-OH is 1. The summed E-state index contributed by atoms with van der Waals surface area (Å²) in [7, 11) is 1.94. The number of likely N-dealkylation sites (tertiary alicyclic amines) is 1. The fourth-order valence-electron chi connectivity index (χ4n) is 3.05. The Hall–Kier alpha value is -1.21. The molecule has 0 bridgehead atoms. The number of nitrogens with zero attached hydrogens (tertiary/aromatic N) is 3. The zero-order valence-electron chi connectivity index (χ0n) is 12.9. The van der Waals surface area contributed by atoms with Crippen molar-refractivity contribution in [3.05, 3.63) is 40.3 Å². The average Bonchev–Trinajstić information content (AvgIpc) is 3.20. The number of rotatable bonds is 7. The van der Waals surface area contributed by atoms with E-state index in [0.717, 1.165) is 13.0 Å². The summed E-state index contributed by atoms with van der Waals surface area (Å²) in [4.78, 5) is 3.54. The molecule has 2 atom stereocenters. The third-order valence-electron chi connectivity index (χ3n) is 4.05. The van der Waals surface area contributed by atoms with Gasteiger partial charge in [0, 0.05) is 36.3 Å². The van der Waals surface area contributed by atoms with Crippen molar-refractivity contribution in [2.75, 3.05) is 19.7 Å². The summed E-state index contributed by atoms with van der Waals surface area (Å²) >= 11 is 1.68. The number of hydrogen-bond donors (Lipinski definition) is 1. The van der Waals surface area contributed by atoms with E-state index in [0.29, 0.717) is 25.8 Å². The van der Waals surface area contributed by atoms with E-state index in [1.54, 1.807) is 11.3 Å². The molecular weight excluding hydrogens is 298 g/mol. The molecule has 0 aliphatic carbocycles. The lowest BCUT2D eigenvalue weighted by molar-refractivity contribution is 0.00848. The van der Waals surface area contributed by atoms with Gasteiger partial charge in [0.15, 0.2) is 0 Å². The molecule has 0 spiro atoms. The molecule has 2 aromatic heterocycles. The van der Waals surface area contributed by atoms with E-state index in [1.165, 1.54) is 16.9 Å². The van der Waals surface area contributed by atoms with Crippen LogP contribution in [0.1, 0.15) is 29.3 Å². The lowest BCUT2D eigenvalue weighted by Gasteiger charge is -2.26. The largest absolute Gasteiger partial charge is 0.389 e. The predicted molar refractivity (Wildman–Crippen MR) is 86.7 cm³/mol. The Morgan fingerprint density at radius 2 is 2.45 bits per heavy atom. The van der Waals surface area contributed by atoms with Crippen LogP contribution in [0.25, 0.3) is 0 Å². The van der Waals surface area contributed by atoms with E-state index in [1.807, 2.05) is 29.4 Å². The molecule has 3 rings (SSSR count). The lowest BCUT2D eigenvalue weighted by Crippen LogP contribution is -2.34. The van der Waals surface area contributed by atoms with E-state index in [-0.39, 0.29) is 0 Å². The molecule has 1 N–H and O–H groups in total. The Morgan fingerprint density at radius 3 is 3.18 bits per heavy atom. The van der Waals surface area contributed by atoms with E-state index < -0.39 is 6.10 Å². The highest BCUT2D eigenvalue weighted by Crippen LogP contribution is 2.31. The molecule has 1 saturated heterocycles. The summed E-state index contributed by atoms with van der Waals surface area (Å²) in [6.45, 7) is 2.65. The highest BCUT2D eigenvalue weighted by molar-refractivity contribution is 7.09. The highest BCUT2D eigenvalue weighted by atomic mass is 32.1. The maximum absolute atomic E-state index is 10.2. The van der Waals surface area contributed by atoms with Crippen LogP contribution in [-0.2, 0) is 18.4 Å². The normalized spacial score (nSPS) is 20.5. The lowest BCUT2D eigenvalue weighted by atomic mass is 10.1. The molecule has 1 aliphatic heterocycles. The van der Waals surface area contributed by atoms with Gasteiger partial charge < -0.3 is 9.84 Å². The molecule has 6 heteroatoms. The topological polar surface area (TPSA) is 50.5 Å². The van der Waals surface area contributed by atoms with Crippen LogP contribution in [0.3, 0.4) is 0 Å². The molecule has 2 aromatic rings. The predicted octanol–water partition coefficient (Wildman–Crippen LogP) is 2.20. The second kappa shape index (κ2) is 7.37. The Kier molecular flexibility index (Phi) is 5.25. The zero-order valence-corrected chi connectivity index (χ0v) is 13.7. The number of aliphatic hydroxyl groups is 1. The van der Waals surface area contributed by atoms with Gasteiger partial charge in [0.25, 0.3) is 0 Å². The van der Waals surface area contributed by atoms with E-state index in [9.17, 15) is 5.11 Å². The molecule has 0 aromatic carbocycles. The maximum atomic E-state index is 10.2. The van der Waals surface area contributed by atoms with Gasteiger partial charge in [-0.3, -0.25) is 9.58 Å². The van der Waals surface area contributed by atoms with Crippen molar-refractivity contribution in [1.82, 2.24) is 14.7 Å². The number of aromatic nitrogens is 2. The summed E-state index contributed by atoms with van der Waals surface area (Å²) in [5, 5.41) is 16.5. The zero-order chi connectivity index (χ0) is 15.4. The molecule has 1 fully saturated rings. The second-order valence-corrected chi connectivity index (χ2v) is 6.88. The summed E-state index contributed by atoms with van der Waals surface area (Å²) in [5.41, 5.74) is 1.24. The van der Waals surface area contributed by atoms with Gasteiger partial charge >= 0.3 is 0 Å². The SMILES string of the molecule is Cn1cc(C2CCCN2CC(O)COCc2cccs2)cn1. The molecule has 3 heterocycles. The first-order valence-electron chi connectivity index (χ1n) is 7.73. The summed E-state index contributed by atoms with van der Waals surface area (Å²) < 4.78 is 7.45. The number of thiophene rings is 1. The molecule has 22 heavy (non-hydrogen) atoms. The average molecular weight is 321 g/mol. The van der Waals surface area contributed by atoms with Crippen LogP contribution in [0.15, 0.2) is 29.9 Å². The molecule has 0 amide bonds. The third kappa shape index (κ3) is 3.95. The van der Waals surface area contributed by atoms with Crippen molar-refractivity contribution in [3.8, 4) is 0 Å². The van der Waals surface area contributed by atoms with E-state index >= 15 is 0 Å². The van der Waals surface area contributed by atoms with Crippen molar-refractivity contribution in [1.29, 1.82) is 0 Å². The van der Waals surface area contributed by atoms with Crippen molar-refractivity contribution < 1.29 is 9.84 Å². The molecule has 5 nitrogen and oxygen atoms in total. The summed E-state index contributed by atoms with van der Waals surface area (Å²) in [5.74, 6) is 0. The number of hydrogen-bond acceptors (Lipinski definition) is 5. The minimum atomic E-state index is -0.447.